The topological polar surface area (TPSA) is 79.2 Å². The highest BCUT2D eigenvalue weighted by Crippen LogP contribution is 2.40. The third-order valence-electron chi connectivity index (χ3n) is 4.47. The van der Waals surface area contributed by atoms with Crippen molar-refractivity contribution in [2.75, 3.05) is 13.1 Å². The normalized spacial score (nSPS) is 29.6. The summed E-state index contributed by atoms with van der Waals surface area (Å²) in [5.74, 6) is 1.26. The molecule has 3 N–H and O–H groups in total. The molecular formula is C14H20N4O2. The molecule has 0 aromatic carbocycles. The van der Waals surface area contributed by atoms with Crippen LogP contribution < -0.4 is 16.0 Å². The summed E-state index contributed by atoms with van der Waals surface area (Å²) in [6.45, 7) is 2.13. The maximum Gasteiger partial charge on any atom is 0.273 e. The lowest BCUT2D eigenvalue weighted by atomic mass is 9.85. The van der Waals surface area contributed by atoms with E-state index in [2.05, 4.69) is 21.1 Å². The minimum absolute atomic E-state index is 0.102. The molecule has 6 heteroatoms. The second-order valence-electron chi connectivity index (χ2n) is 6.25. The number of carbonyl (C=O) groups excluding carboxylic acids is 1. The van der Waals surface area contributed by atoms with Crippen LogP contribution in [0.2, 0.25) is 0 Å². The first-order valence-electron chi connectivity index (χ1n) is 7.52. The van der Waals surface area contributed by atoms with E-state index < -0.39 is 0 Å². The highest BCUT2D eigenvalue weighted by molar-refractivity contribution is 5.92. The Morgan fingerprint density at radius 1 is 1.25 bits per heavy atom. The van der Waals surface area contributed by atoms with Crippen molar-refractivity contribution in [2.24, 2.45) is 0 Å². The monoisotopic (exact) mass is 276 g/mol. The van der Waals surface area contributed by atoms with Gasteiger partial charge in [-0.05, 0) is 25.7 Å². The van der Waals surface area contributed by atoms with Crippen LogP contribution >= 0.6 is 0 Å². The van der Waals surface area contributed by atoms with E-state index in [0.29, 0.717) is 23.7 Å². The Labute approximate surface area is 117 Å². The third-order valence-corrected chi connectivity index (χ3v) is 4.47. The lowest BCUT2D eigenvalue weighted by Crippen LogP contribution is -2.62. The molecule has 6 nitrogen and oxygen atoms in total. The number of hydrogen-bond acceptors (Lipinski definition) is 5. The molecule has 4 rings (SSSR count). The Morgan fingerprint density at radius 2 is 2.05 bits per heavy atom. The second-order valence-corrected chi connectivity index (χ2v) is 6.25. The molecule has 0 spiro atoms. The van der Waals surface area contributed by atoms with E-state index in [0.717, 1.165) is 44.5 Å². The van der Waals surface area contributed by atoms with Crippen LogP contribution in [0.3, 0.4) is 0 Å². The van der Waals surface area contributed by atoms with Gasteiger partial charge in [-0.1, -0.05) is 5.16 Å². The molecule has 1 saturated heterocycles. The summed E-state index contributed by atoms with van der Waals surface area (Å²) < 4.78 is 5.21. The molecule has 1 aromatic heterocycles. The molecule has 1 amide bonds. The van der Waals surface area contributed by atoms with Gasteiger partial charge in [-0.3, -0.25) is 4.79 Å². The van der Waals surface area contributed by atoms with Gasteiger partial charge in [-0.15, -0.1) is 0 Å². The second kappa shape index (κ2) is 4.86. The summed E-state index contributed by atoms with van der Waals surface area (Å²) in [7, 11) is 0. The van der Waals surface area contributed by atoms with Crippen LogP contribution in [-0.4, -0.2) is 42.3 Å². The highest BCUT2D eigenvalue weighted by atomic mass is 16.5. The number of nitrogens with zero attached hydrogens (tertiary/aromatic N) is 1. The number of nitrogens with one attached hydrogen (secondary N) is 3. The Hall–Kier alpha value is -1.40. The van der Waals surface area contributed by atoms with Crippen LogP contribution in [0.15, 0.2) is 10.6 Å². The summed E-state index contributed by atoms with van der Waals surface area (Å²) in [6.07, 6.45) is 4.33. The minimum atomic E-state index is -0.102. The van der Waals surface area contributed by atoms with E-state index in [1.165, 1.54) is 0 Å². The Kier molecular flexibility index (Phi) is 3.00. The molecule has 2 aliphatic carbocycles. The van der Waals surface area contributed by atoms with E-state index in [4.69, 9.17) is 4.52 Å². The fraction of sp³-hybridized carbons (Fsp3) is 0.714. The average molecular weight is 276 g/mol. The Balaban J connectivity index is 1.23. The molecule has 0 radical (unpaired) electrons. The van der Waals surface area contributed by atoms with Gasteiger partial charge in [0.1, 0.15) is 5.76 Å². The Morgan fingerprint density at radius 3 is 2.70 bits per heavy atom. The highest BCUT2D eigenvalue weighted by Gasteiger charge is 2.34. The summed E-state index contributed by atoms with van der Waals surface area (Å²) in [4.78, 5) is 12.0. The van der Waals surface area contributed by atoms with Gasteiger partial charge >= 0.3 is 0 Å². The van der Waals surface area contributed by atoms with E-state index in [-0.39, 0.29) is 11.9 Å². The molecule has 0 atom stereocenters. The molecule has 2 saturated carbocycles. The van der Waals surface area contributed by atoms with Crippen molar-refractivity contribution in [2.45, 2.75) is 49.7 Å². The van der Waals surface area contributed by atoms with Crippen LogP contribution in [0.1, 0.15) is 47.8 Å². The smallest absolute Gasteiger partial charge is 0.273 e. The first kappa shape index (κ1) is 12.3. The lowest BCUT2D eigenvalue weighted by molar-refractivity contribution is 0.0887. The van der Waals surface area contributed by atoms with Gasteiger partial charge in [-0.25, -0.2) is 0 Å². The van der Waals surface area contributed by atoms with Crippen molar-refractivity contribution >= 4 is 5.91 Å². The van der Waals surface area contributed by atoms with E-state index in [1.54, 1.807) is 6.07 Å². The van der Waals surface area contributed by atoms with Crippen molar-refractivity contribution < 1.29 is 9.32 Å². The molecule has 20 heavy (non-hydrogen) atoms. The summed E-state index contributed by atoms with van der Waals surface area (Å²) in [6, 6.07) is 3.23. The maximum absolute atomic E-state index is 12.0. The lowest BCUT2D eigenvalue weighted by Gasteiger charge is -2.41. The summed E-state index contributed by atoms with van der Waals surface area (Å²) in [5, 5.41) is 13.7. The number of aromatic nitrogens is 1. The van der Waals surface area contributed by atoms with Crippen molar-refractivity contribution in [3.63, 3.8) is 0 Å². The molecule has 1 aromatic rings. The van der Waals surface area contributed by atoms with E-state index in [1.807, 2.05) is 0 Å². The molecular weight excluding hydrogens is 256 g/mol. The molecule has 1 aliphatic heterocycles. The van der Waals surface area contributed by atoms with Crippen molar-refractivity contribution in [1.82, 2.24) is 21.1 Å². The van der Waals surface area contributed by atoms with Gasteiger partial charge in [0.15, 0.2) is 5.69 Å². The predicted octanol–water partition coefficient (Wildman–Crippen LogP) is 0.374. The standard InChI is InChI=1S/C14H20N4O2/c19-14(12-5-13(20-18-12)8-1-2-8)17-10-3-9(4-10)16-11-6-15-7-11/h5,8-11,15-16H,1-4,6-7H2,(H,17,19). The van der Waals surface area contributed by atoms with E-state index in [9.17, 15) is 4.79 Å². The zero-order valence-electron chi connectivity index (χ0n) is 11.4. The van der Waals surface area contributed by atoms with Gasteiger partial charge in [0.2, 0.25) is 0 Å². The maximum atomic E-state index is 12.0. The number of hydrogen-bond donors (Lipinski definition) is 3. The van der Waals surface area contributed by atoms with Crippen molar-refractivity contribution in [3.8, 4) is 0 Å². The van der Waals surface area contributed by atoms with Crippen LogP contribution in [0.5, 0.6) is 0 Å². The average Bonchev–Trinajstić information content (AvgIpc) is 3.07. The van der Waals surface area contributed by atoms with Crippen molar-refractivity contribution in [3.05, 3.63) is 17.5 Å². The molecule has 0 bridgehead atoms. The zero-order valence-corrected chi connectivity index (χ0v) is 11.4. The number of rotatable bonds is 5. The van der Waals surface area contributed by atoms with Gasteiger partial charge in [-0.2, -0.15) is 0 Å². The largest absolute Gasteiger partial charge is 0.360 e. The van der Waals surface area contributed by atoms with Gasteiger partial charge in [0.25, 0.3) is 5.91 Å². The first-order valence-corrected chi connectivity index (χ1v) is 7.52. The summed E-state index contributed by atoms with van der Waals surface area (Å²) in [5.41, 5.74) is 0.423. The van der Waals surface area contributed by atoms with Crippen molar-refractivity contribution in [1.29, 1.82) is 0 Å². The number of carbonyl (C=O) groups is 1. The summed E-state index contributed by atoms with van der Waals surface area (Å²) >= 11 is 0. The van der Waals surface area contributed by atoms with Crippen LogP contribution in [0.25, 0.3) is 0 Å². The molecule has 3 fully saturated rings. The van der Waals surface area contributed by atoms with Crippen LogP contribution in [-0.2, 0) is 0 Å². The third kappa shape index (κ3) is 2.45. The fourth-order valence-corrected chi connectivity index (χ4v) is 2.83. The molecule has 3 aliphatic rings. The fourth-order valence-electron chi connectivity index (χ4n) is 2.83. The van der Waals surface area contributed by atoms with Crippen LogP contribution in [0.4, 0.5) is 0 Å². The number of amides is 1. The molecule has 108 valence electrons. The quantitative estimate of drug-likeness (QED) is 0.724. The van der Waals surface area contributed by atoms with Crippen LogP contribution in [0, 0.1) is 0 Å². The van der Waals surface area contributed by atoms with Gasteiger partial charge in [0.05, 0.1) is 0 Å². The SMILES string of the molecule is O=C(NC1CC(NC2CNC2)C1)c1cc(C2CC2)on1. The first-order chi connectivity index (χ1) is 9.78. The van der Waals surface area contributed by atoms with Gasteiger partial charge in [0, 0.05) is 43.2 Å². The van der Waals surface area contributed by atoms with Gasteiger partial charge < -0.3 is 20.5 Å². The molecule has 0 unspecified atom stereocenters. The zero-order chi connectivity index (χ0) is 13.5. The van der Waals surface area contributed by atoms with E-state index >= 15 is 0 Å². The predicted molar refractivity (Wildman–Crippen MR) is 72.5 cm³/mol. The Bertz CT molecular complexity index is 501. The minimum Gasteiger partial charge on any atom is -0.360 e. The molecule has 2 heterocycles.